The Kier molecular flexibility index (Phi) is 10.0. The first-order chi connectivity index (χ1) is 11.8. The predicted octanol–water partition coefficient (Wildman–Crippen LogP) is 5.70. The van der Waals surface area contributed by atoms with Crippen molar-refractivity contribution in [2.45, 2.75) is 41.0 Å². The lowest BCUT2D eigenvalue weighted by Crippen LogP contribution is -2.15. The molecule has 0 spiro atoms. The lowest BCUT2D eigenvalue weighted by molar-refractivity contribution is 0.100. The predicted molar refractivity (Wildman–Crippen MR) is 96.6 cm³/mol. The minimum Gasteiger partial charge on any atom is -0.366 e. The minimum absolute atomic E-state index is 0.0809. The van der Waals surface area contributed by atoms with Gasteiger partial charge >= 0.3 is 0 Å². The normalized spacial score (nSPS) is 9.28. The summed E-state index contributed by atoms with van der Waals surface area (Å²) >= 11 is 0. The molecule has 0 saturated heterocycles. The van der Waals surface area contributed by atoms with E-state index >= 15 is 0 Å². The van der Waals surface area contributed by atoms with Crippen LogP contribution in [0, 0.1) is 24.4 Å². The van der Waals surface area contributed by atoms with Crippen LogP contribution in [0.5, 0.6) is 0 Å². The summed E-state index contributed by atoms with van der Waals surface area (Å²) in [5, 5.41) is 2.37. The van der Waals surface area contributed by atoms with Gasteiger partial charge in [-0.2, -0.15) is 0 Å². The Hall–Kier alpha value is -2.50. The lowest BCUT2D eigenvalue weighted by Gasteiger charge is -2.12. The van der Waals surface area contributed by atoms with Gasteiger partial charge in [0.25, 0.3) is 5.91 Å². The molecule has 0 aliphatic carbocycles. The first-order valence-electron chi connectivity index (χ1n) is 8.12. The largest absolute Gasteiger partial charge is 0.366 e. The van der Waals surface area contributed by atoms with E-state index in [2.05, 4.69) is 19.2 Å². The fourth-order valence-electron chi connectivity index (χ4n) is 1.73. The third-order valence-electron chi connectivity index (χ3n) is 2.74. The summed E-state index contributed by atoms with van der Waals surface area (Å²) in [6.45, 7) is 9.93. The molecule has 6 heteroatoms. The maximum Gasteiger partial charge on any atom is 0.250 e. The zero-order valence-electron chi connectivity index (χ0n) is 15.2. The third-order valence-corrected chi connectivity index (χ3v) is 2.74. The summed E-state index contributed by atoms with van der Waals surface area (Å²) in [7, 11) is 0. The maximum atomic E-state index is 13.8. The van der Waals surface area contributed by atoms with E-state index in [9.17, 15) is 18.0 Å². The monoisotopic (exact) mass is 354 g/mol. The standard InChI is InChI=1S/C14H11F3N2O.C3H8.C2H6/c1-7-2-5-11(10(16)6-7)19-13-8(14(18)20)3-4-9(15)12(13)17;1-3-2;1-2/h2-6,19H,1H3,(H2,18,20);3H2,1-2H3;1-2H3. The van der Waals surface area contributed by atoms with Crippen LogP contribution in [0.15, 0.2) is 30.3 Å². The smallest absolute Gasteiger partial charge is 0.250 e. The van der Waals surface area contributed by atoms with Crippen LogP contribution in [-0.4, -0.2) is 5.91 Å². The molecule has 1 amide bonds. The van der Waals surface area contributed by atoms with Crippen molar-refractivity contribution in [3.8, 4) is 0 Å². The highest BCUT2D eigenvalue weighted by molar-refractivity contribution is 5.99. The van der Waals surface area contributed by atoms with Crippen molar-refractivity contribution in [2.24, 2.45) is 5.73 Å². The van der Waals surface area contributed by atoms with Crippen LogP contribution in [0.1, 0.15) is 50.0 Å². The summed E-state index contributed by atoms with van der Waals surface area (Å²) in [5.74, 6) is -4.05. The average molecular weight is 354 g/mol. The van der Waals surface area contributed by atoms with Crippen LogP contribution in [0.3, 0.4) is 0 Å². The minimum atomic E-state index is -1.29. The Labute approximate surface area is 147 Å². The molecule has 0 radical (unpaired) electrons. The Morgan fingerprint density at radius 3 is 2.08 bits per heavy atom. The Bertz CT molecular complexity index is 703. The van der Waals surface area contributed by atoms with Crippen molar-refractivity contribution in [3.63, 3.8) is 0 Å². The molecular formula is C19H25F3N2O. The van der Waals surface area contributed by atoms with Crippen LogP contribution >= 0.6 is 0 Å². The Morgan fingerprint density at radius 2 is 1.60 bits per heavy atom. The molecule has 0 aliphatic rings. The number of halogens is 3. The fourth-order valence-corrected chi connectivity index (χ4v) is 1.73. The van der Waals surface area contributed by atoms with E-state index in [-0.39, 0.29) is 11.3 Å². The lowest BCUT2D eigenvalue weighted by atomic mass is 10.1. The van der Waals surface area contributed by atoms with Gasteiger partial charge in [-0.3, -0.25) is 4.79 Å². The van der Waals surface area contributed by atoms with Crippen molar-refractivity contribution in [1.29, 1.82) is 0 Å². The van der Waals surface area contributed by atoms with Gasteiger partial charge in [0.05, 0.1) is 16.9 Å². The molecule has 138 valence electrons. The van der Waals surface area contributed by atoms with Crippen molar-refractivity contribution in [1.82, 2.24) is 0 Å². The van der Waals surface area contributed by atoms with E-state index < -0.39 is 29.0 Å². The topological polar surface area (TPSA) is 55.1 Å². The van der Waals surface area contributed by atoms with Gasteiger partial charge in [0, 0.05) is 0 Å². The van der Waals surface area contributed by atoms with Crippen LogP contribution < -0.4 is 11.1 Å². The number of benzene rings is 2. The van der Waals surface area contributed by atoms with Crippen LogP contribution in [-0.2, 0) is 0 Å². The van der Waals surface area contributed by atoms with Gasteiger partial charge < -0.3 is 11.1 Å². The molecule has 0 unspecified atom stereocenters. The summed E-state index contributed by atoms with van der Waals surface area (Å²) in [6, 6.07) is 6.00. The molecule has 0 fully saturated rings. The molecule has 0 bridgehead atoms. The molecule has 2 aromatic rings. The number of nitrogens with two attached hydrogens (primary N) is 1. The highest BCUT2D eigenvalue weighted by Crippen LogP contribution is 2.27. The second-order valence-corrected chi connectivity index (χ2v) is 4.96. The van der Waals surface area contributed by atoms with Crippen molar-refractivity contribution in [2.75, 3.05) is 5.32 Å². The number of aryl methyl sites for hydroxylation is 1. The molecule has 0 aromatic heterocycles. The number of anilines is 2. The molecule has 3 nitrogen and oxygen atoms in total. The van der Waals surface area contributed by atoms with Crippen LogP contribution in [0.25, 0.3) is 0 Å². The molecule has 0 atom stereocenters. The van der Waals surface area contributed by atoms with Crippen LogP contribution in [0.2, 0.25) is 0 Å². The number of amides is 1. The van der Waals surface area contributed by atoms with Gasteiger partial charge in [-0.15, -0.1) is 0 Å². The number of carbonyl (C=O) groups is 1. The zero-order chi connectivity index (χ0) is 19.6. The molecule has 2 aromatic carbocycles. The van der Waals surface area contributed by atoms with Gasteiger partial charge in [-0.1, -0.05) is 40.2 Å². The molecule has 0 aliphatic heterocycles. The van der Waals surface area contributed by atoms with E-state index in [1.165, 1.54) is 18.6 Å². The molecule has 3 N–H and O–H groups in total. The maximum absolute atomic E-state index is 13.8. The summed E-state index contributed by atoms with van der Waals surface area (Å²) < 4.78 is 40.7. The molecule has 0 heterocycles. The highest BCUT2D eigenvalue weighted by Gasteiger charge is 2.18. The van der Waals surface area contributed by atoms with Gasteiger partial charge in [-0.05, 0) is 36.8 Å². The van der Waals surface area contributed by atoms with Gasteiger partial charge in [0.2, 0.25) is 0 Å². The molecule has 0 saturated carbocycles. The molecular weight excluding hydrogens is 329 g/mol. The molecule has 2 rings (SSSR count). The van der Waals surface area contributed by atoms with Gasteiger partial charge in [0.15, 0.2) is 11.6 Å². The van der Waals surface area contributed by atoms with E-state index in [0.29, 0.717) is 5.56 Å². The zero-order valence-corrected chi connectivity index (χ0v) is 15.2. The van der Waals surface area contributed by atoms with Gasteiger partial charge in [-0.25, -0.2) is 13.2 Å². The molecule has 25 heavy (non-hydrogen) atoms. The van der Waals surface area contributed by atoms with Gasteiger partial charge in [0.1, 0.15) is 5.82 Å². The number of carbonyl (C=O) groups excluding carboxylic acids is 1. The first kappa shape index (κ1) is 22.5. The van der Waals surface area contributed by atoms with E-state index in [1.54, 1.807) is 13.0 Å². The number of nitrogens with one attached hydrogen (secondary N) is 1. The average Bonchev–Trinajstić information content (AvgIpc) is 2.56. The van der Waals surface area contributed by atoms with Crippen molar-refractivity contribution in [3.05, 3.63) is 58.9 Å². The fraction of sp³-hybridized carbons (Fsp3) is 0.316. The quantitative estimate of drug-likeness (QED) is 0.743. The van der Waals surface area contributed by atoms with Crippen molar-refractivity contribution >= 4 is 17.3 Å². The summed E-state index contributed by atoms with van der Waals surface area (Å²) in [4.78, 5) is 11.2. The second kappa shape index (κ2) is 11.1. The second-order valence-electron chi connectivity index (χ2n) is 4.96. The van der Waals surface area contributed by atoms with E-state index in [1.807, 2.05) is 13.8 Å². The van der Waals surface area contributed by atoms with E-state index in [4.69, 9.17) is 5.73 Å². The first-order valence-corrected chi connectivity index (χ1v) is 8.12. The SMILES string of the molecule is CC.CCC.Cc1ccc(Nc2c(C(N)=O)ccc(F)c2F)c(F)c1. The Morgan fingerprint density at radius 1 is 1.04 bits per heavy atom. The number of hydrogen-bond acceptors (Lipinski definition) is 2. The summed E-state index contributed by atoms with van der Waals surface area (Å²) in [5.41, 5.74) is 4.93. The van der Waals surface area contributed by atoms with Crippen molar-refractivity contribution < 1.29 is 18.0 Å². The highest BCUT2D eigenvalue weighted by atomic mass is 19.2. The number of rotatable bonds is 3. The number of primary amides is 1. The summed E-state index contributed by atoms with van der Waals surface area (Å²) in [6.07, 6.45) is 1.25. The Balaban J connectivity index is 0.00000104. The third kappa shape index (κ3) is 6.49. The van der Waals surface area contributed by atoms with E-state index in [0.717, 1.165) is 12.1 Å². The van der Waals surface area contributed by atoms with Crippen LogP contribution in [0.4, 0.5) is 24.5 Å². The number of hydrogen-bond donors (Lipinski definition) is 2.